The van der Waals surface area contributed by atoms with E-state index in [2.05, 4.69) is 18.7 Å². The lowest BCUT2D eigenvalue weighted by atomic mass is 9.93. The molecule has 0 atom stereocenters. The molecule has 0 aromatic carbocycles. The van der Waals surface area contributed by atoms with Crippen LogP contribution in [-0.4, -0.2) is 29.3 Å². The molecule has 0 aliphatic carbocycles. The van der Waals surface area contributed by atoms with E-state index < -0.39 is 0 Å². The van der Waals surface area contributed by atoms with Gasteiger partial charge >= 0.3 is 0 Å². The number of hydrogen-bond acceptors (Lipinski definition) is 3. The Balaban J connectivity index is 2.19. The van der Waals surface area contributed by atoms with Gasteiger partial charge in [-0.2, -0.15) is 0 Å². The molecule has 1 fully saturated rings. The Kier molecular flexibility index (Phi) is 4.23. The zero-order chi connectivity index (χ0) is 13.2. The highest BCUT2D eigenvalue weighted by Crippen LogP contribution is 2.27. The summed E-state index contributed by atoms with van der Waals surface area (Å²) in [5.41, 5.74) is 0.757. The lowest BCUT2D eigenvalue weighted by molar-refractivity contribution is 0.0653. The smallest absolute Gasteiger partial charge is 0.192 e. The molecule has 100 valence electrons. The summed E-state index contributed by atoms with van der Waals surface area (Å²) in [6.07, 6.45) is 5.05. The lowest BCUT2D eigenvalue weighted by Gasteiger charge is -2.36. The average molecular weight is 265 g/mol. The summed E-state index contributed by atoms with van der Waals surface area (Å²) < 4.78 is 0. The minimum Gasteiger partial charge on any atom is -0.291 e. The Morgan fingerprint density at radius 1 is 1.22 bits per heavy atom. The number of ketones is 1. The number of Topliss-reactive ketones (excluding diaryl/α,β-unsaturated/α-hetero) is 1. The van der Waals surface area contributed by atoms with Crippen LogP contribution in [0.3, 0.4) is 0 Å². The summed E-state index contributed by atoms with van der Waals surface area (Å²) in [5, 5.41) is 2.01. The molecule has 0 spiro atoms. The van der Waals surface area contributed by atoms with Crippen molar-refractivity contribution in [1.82, 2.24) is 4.90 Å². The van der Waals surface area contributed by atoms with Gasteiger partial charge in [0, 0.05) is 0 Å². The van der Waals surface area contributed by atoms with E-state index in [0.29, 0.717) is 0 Å². The van der Waals surface area contributed by atoms with Crippen molar-refractivity contribution in [2.45, 2.75) is 52.0 Å². The standard InChI is InChI=1S/C15H23NOS/c1-12-8-11-18-13(12)14(17)15(2,3)16-9-6-4-5-7-10-16/h8,11H,4-7,9-10H2,1-3H3. The summed E-state index contributed by atoms with van der Waals surface area (Å²) in [6, 6.07) is 2.04. The molecule has 1 aromatic heterocycles. The molecule has 1 aromatic rings. The second-order valence-corrected chi connectivity index (χ2v) is 6.64. The Bertz CT molecular complexity index is 414. The second kappa shape index (κ2) is 5.54. The highest BCUT2D eigenvalue weighted by atomic mass is 32.1. The van der Waals surface area contributed by atoms with Crippen LogP contribution in [0.5, 0.6) is 0 Å². The summed E-state index contributed by atoms with van der Waals surface area (Å²) in [7, 11) is 0. The monoisotopic (exact) mass is 265 g/mol. The van der Waals surface area contributed by atoms with Gasteiger partial charge in [-0.05, 0) is 63.7 Å². The van der Waals surface area contributed by atoms with Gasteiger partial charge in [-0.25, -0.2) is 0 Å². The Labute approximate surface area is 114 Å². The van der Waals surface area contributed by atoms with Crippen LogP contribution >= 0.6 is 11.3 Å². The van der Waals surface area contributed by atoms with Crippen LogP contribution < -0.4 is 0 Å². The molecular weight excluding hydrogens is 242 g/mol. The number of carbonyl (C=O) groups is 1. The number of carbonyl (C=O) groups excluding carboxylic acids is 1. The average Bonchev–Trinajstić information content (AvgIpc) is 2.61. The molecule has 0 amide bonds. The highest BCUT2D eigenvalue weighted by molar-refractivity contribution is 7.12. The molecule has 1 saturated heterocycles. The highest BCUT2D eigenvalue weighted by Gasteiger charge is 2.36. The Morgan fingerprint density at radius 3 is 2.33 bits per heavy atom. The van der Waals surface area contributed by atoms with E-state index in [1.54, 1.807) is 11.3 Å². The molecular formula is C15H23NOS. The summed E-state index contributed by atoms with van der Waals surface area (Å²) in [5.74, 6) is 0.289. The van der Waals surface area contributed by atoms with Crippen molar-refractivity contribution in [2.75, 3.05) is 13.1 Å². The van der Waals surface area contributed by atoms with Crippen molar-refractivity contribution in [2.24, 2.45) is 0 Å². The maximum Gasteiger partial charge on any atom is 0.192 e. The van der Waals surface area contributed by atoms with Gasteiger partial charge in [-0.15, -0.1) is 11.3 Å². The molecule has 1 aliphatic rings. The van der Waals surface area contributed by atoms with E-state index in [-0.39, 0.29) is 11.3 Å². The predicted molar refractivity (Wildman–Crippen MR) is 77.5 cm³/mol. The molecule has 0 radical (unpaired) electrons. The topological polar surface area (TPSA) is 20.3 Å². The molecule has 18 heavy (non-hydrogen) atoms. The van der Waals surface area contributed by atoms with E-state index in [1.165, 1.54) is 25.7 Å². The fraction of sp³-hybridized carbons (Fsp3) is 0.667. The number of likely N-dealkylation sites (tertiary alicyclic amines) is 1. The maximum absolute atomic E-state index is 12.7. The predicted octanol–water partition coefficient (Wildman–Crippen LogP) is 3.89. The van der Waals surface area contributed by atoms with Crippen LogP contribution in [0.2, 0.25) is 0 Å². The first kappa shape index (κ1) is 13.8. The van der Waals surface area contributed by atoms with E-state index in [0.717, 1.165) is 23.5 Å². The number of nitrogens with zero attached hydrogens (tertiary/aromatic N) is 1. The van der Waals surface area contributed by atoms with Gasteiger partial charge in [0.2, 0.25) is 0 Å². The fourth-order valence-corrected chi connectivity index (χ4v) is 3.68. The molecule has 0 unspecified atom stereocenters. The van der Waals surface area contributed by atoms with E-state index in [1.807, 2.05) is 18.4 Å². The first-order chi connectivity index (χ1) is 8.53. The van der Waals surface area contributed by atoms with Gasteiger partial charge in [0.25, 0.3) is 0 Å². The van der Waals surface area contributed by atoms with Crippen molar-refractivity contribution in [3.63, 3.8) is 0 Å². The molecule has 0 bridgehead atoms. The quantitative estimate of drug-likeness (QED) is 0.773. The first-order valence-electron chi connectivity index (χ1n) is 6.87. The molecule has 2 rings (SSSR count). The van der Waals surface area contributed by atoms with Crippen molar-refractivity contribution in [3.8, 4) is 0 Å². The molecule has 0 saturated carbocycles. The van der Waals surface area contributed by atoms with E-state index >= 15 is 0 Å². The van der Waals surface area contributed by atoms with Gasteiger partial charge < -0.3 is 0 Å². The minimum atomic E-state index is -0.361. The van der Waals surface area contributed by atoms with Crippen LogP contribution in [0.15, 0.2) is 11.4 Å². The molecule has 1 aliphatic heterocycles. The third-order valence-corrected chi connectivity index (χ3v) is 5.04. The Morgan fingerprint density at radius 2 is 1.83 bits per heavy atom. The summed E-state index contributed by atoms with van der Waals surface area (Å²) in [4.78, 5) is 16.0. The first-order valence-corrected chi connectivity index (χ1v) is 7.75. The molecule has 3 heteroatoms. The normalized spacial score (nSPS) is 18.6. The Hall–Kier alpha value is -0.670. The van der Waals surface area contributed by atoms with Crippen molar-refractivity contribution in [1.29, 1.82) is 0 Å². The molecule has 0 N–H and O–H groups in total. The maximum atomic E-state index is 12.7. The van der Waals surface area contributed by atoms with Crippen LogP contribution in [0.1, 0.15) is 54.8 Å². The van der Waals surface area contributed by atoms with Crippen molar-refractivity contribution >= 4 is 17.1 Å². The summed E-state index contributed by atoms with van der Waals surface area (Å²) in [6.45, 7) is 8.31. The van der Waals surface area contributed by atoms with Crippen LogP contribution in [0.25, 0.3) is 0 Å². The number of aryl methyl sites for hydroxylation is 1. The van der Waals surface area contributed by atoms with Crippen LogP contribution in [0.4, 0.5) is 0 Å². The van der Waals surface area contributed by atoms with Gasteiger partial charge in [-0.1, -0.05) is 12.8 Å². The lowest BCUT2D eigenvalue weighted by Crippen LogP contribution is -2.50. The zero-order valence-corrected chi connectivity index (χ0v) is 12.5. The minimum absolute atomic E-state index is 0.289. The largest absolute Gasteiger partial charge is 0.291 e. The summed E-state index contributed by atoms with van der Waals surface area (Å²) >= 11 is 1.58. The number of hydrogen-bond donors (Lipinski definition) is 0. The van der Waals surface area contributed by atoms with E-state index in [9.17, 15) is 4.79 Å². The van der Waals surface area contributed by atoms with Gasteiger partial charge in [-0.3, -0.25) is 9.69 Å². The van der Waals surface area contributed by atoms with Crippen molar-refractivity contribution in [3.05, 3.63) is 21.9 Å². The van der Waals surface area contributed by atoms with E-state index in [4.69, 9.17) is 0 Å². The third-order valence-electron chi connectivity index (χ3n) is 4.02. The second-order valence-electron chi connectivity index (χ2n) is 5.72. The van der Waals surface area contributed by atoms with Crippen LogP contribution in [0, 0.1) is 6.92 Å². The number of rotatable bonds is 3. The van der Waals surface area contributed by atoms with Crippen LogP contribution in [-0.2, 0) is 0 Å². The zero-order valence-electron chi connectivity index (χ0n) is 11.7. The van der Waals surface area contributed by atoms with Gasteiger partial charge in [0.15, 0.2) is 5.78 Å². The van der Waals surface area contributed by atoms with Crippen molar-refractivity contribution < 1.29 is 4.79 Å². The molecule has 2 nitrogen and oxygen atoms in total. The van der Waals surface area contributed by atoms with Gasteiger partial charge in [0.1, 0.15) is 0 Å². The number of thiophene rings is 1. The van der Waals surface area contributed by atoms with Gasteiger partial charge in [0.05, 0.1) is 10.4 Å². The third kappa shape index (κ3) is 2.67. The fourth-order valence-electron chi connectivity index (χ4n) is 2.66. The molecule has 2 heterocycles. The SMILES string of the molecule is Cc1ccsc1C(=O)C(C)(C)N1CCCCCC1.